The van der Waals surface area contributed by atoms with Gasteiger partial charge >= 0.3 is 5.97 Å². The van der Waals surface area contributed by atoms with Gasteiger partial charge in [0.1, 0.15) is 6.04 Å². The summed E-state index contributed by atoms with van der Waals surface area (Å²) >= 11 is 0. The summed E-state index contributed by atoms with van der Waals surface area (Å²) < 4.78 is 4.95. The van der Waals surface area contributed by atoms with Gasteiger partial charge in [-0.1, -0.05) is 37.6 Å². The highest BCUT2D eigenvalue weighted by Crippen LogP contribution is 2.17. The number of hydrogen-bond donors (Lipinski definition) is 1. The van der Waals surface area contributed by atoms with Gasteiger partial charge in [-0.25, -0.2) is 0 Å². The Morgan fingerprint density at radius 3 is 2.67 bits per heavy atom. The van der Waals surface area contributed by atoms with Crippen LogP contribution in [0.2, 0.25) is 0 Å². The molecule has 1 aliphatic heterocycles. The van der Waals surface area contributed by atoms with Crippen molar-refractivity contribution < 1.29 is 9.53 Å². The fourth-order valence-electron chi connectivity index (χ4n) is 2.31. The molecule has 1 aromatic rings. The molecule has 0 saturated carbocycles. The average molecular weight is 247 g/mol. The number of esters is 1. The molecular formula is C15H21NO2. The summed E-state index contributed by atoms with van der Waals surface area (Å²) in [7, 11) is 0. The standard InChI is InChI=1S/C15H21NO2/c1-3-4-12-5-7-13(8-6-12)11(2)16-14-9-10-18-15(14)17/h5-8,11,14,16H,3-4,9-10H2,1-2H3. The van der Waals surface area contributed by atoms with E-state index in [2.05, 4.69) is 43.4 Å². The van der Waals surface area contributed by atoms with Gasteiger partial charge in [-0.05, 0) is 24.5 Å². The molecular weight excluding hydrogens is 226 g/mol. The van der Waals surface area contributed by atoms with Crippen LogP contribution in [0, 0.1) is 0 Å². The first kappa shape index (κ1) is 13.1. The van der Waals surface area contributed by atoms with Crippen LogP contribution in [0.3, 0.4) is 0 Å². The molecule has 2 rings (SSSR count). The number of nitrogens with one attached hydrogen (secondary N) is 1. The van der Waals surface area contributed by atoms with E-state index in [-0.39, 0.29) is 18.1 Å². The van der Waals surface area contributed by atoms with Gasteiger partial charge in [0.05, 0.1) is 6.61 Å². The molecule has 98 valence electrons. The number of carbonyl (C=O) groups is 1. The minimum absolute atomic E-state index is 0.121. The molecule has 1 saturated heterocycles. The number of rotatable bonds is 5. The van der Waals surface area contributed by atoms with Crippen LogP contribution in [0.5, 0.6) is 0 Å². The summed E-state index contributed by atoms with van der Waals surface area (Å²) in [4.78, 5) is 11.4. The second-order valence-electron chi connectivity index (χ2n) is 4.89. The van der Waals surface area contributed by atoms with Gasteiger partial charge < -0.3 is 4.74 Å². The molecule has 3 heteroatoms. The van der Waals surface area contributed by atoms with Gasteiger partial charge in [-0.15, -0.1) is 0 Å². The first-order valence-corrected chi connectivity index (χ1v) is 6.72. The van der Waals surface area contributed by atoms with E-state index in [4.69, 9.17) is 4.74 Å². The van der Waals surface area contributed by atoms with Crippen molar-refractivity contribution in [1.29, 1.82) is 0 Å². The smallest absolute Gasteiger partial charge is 0.323 e. The number of ether oxygens (including phenoxy) is 1. The molecule has 1 heterocycles. The largest absolute Gasteiger partial charge is 0.464 e. The Kier molecular flexibility index (Phi) is 4.37. The molecule has 2 atom stereocenters. The second kappa shape index (κ2) is 6.01. The molecule has 0 bridgehead atoms. The zero-order valence-corrected chi connectivity index (χ0v) is 11.1. The quantitative estimate of drug-likeness (QED) is 0.813. The Morgan fingerprint density at radius 2 is 2.11 bits per heavy atom. The van der Waals surface area contributed by atoms with Crippen LogP contribution in [-0.4, -0.2) is 18.6 Å². The summed E-state index contributed by atoms with van der Waals surface area (Å²) in [5.41, 5.74) is 2.59. The van der Waals surface area contributed by atoms with E-state index in [1.807, 2.05) is 0 Å². The van der Waals surface area contributed by atoms with Gasteiger partial charge in [0, 0.05) is 12.5 Å². The van der Waals surface area contributed by atoms with Crippen molar-refractivity contribution in [3.05, 3.63) is 35.4 Å². The third kappa shape index (κ3) is 3.10. The van der Waals surface area contributed by atoms with Crippen LogP contribution in [0.4, 0.5) is 0 Å². The maximum Gasteiger partial charge on any atom is 0.323 e. The lowest BCUT2D eigenvalue weighted by atomic mass is 10.0. The van der Waals surface area contributed by atoms with Crippen LogP contribution in [0.1, 0.15) is 43.9 Å². The molecule has 1 aliphatic rings. The third-order valence-corrected chi connectivity index (χ3v) is 3.40. The van der Waals surface area contributed by atoms with Crippen molar-refractivity contribution in [3.8, 4) is 0 Å². The highest BCUT2D eigenvalue weighted by molar-refractivity contribution is 5.77. The van der Waals surface area contributed by atoms with E-state index in [0.717, 1.165) is 12.8 Å². The number of hydrogen-bond acceptors (Lipinski definition) is 3. The van der Waals surface area contributed by atoms with E-state index < -0.39 is 0 Å². The molecule has 0 radical (unpaired) electrons. The first-order valence-electron chi connectivity index (χ1n) is 6.72. The van der Waals surface area contributed by atoms with Gasteiger partial charge in [0.15, 0.2) is 0 Å². The van der Waals surface area contributed by atoms with E-state index in [1.165, 1.54) is 17.5 Å². The molecule has 0 aromatic heterocycles. The Bertz CT molecular complexity index is 399. The highest BCUT2D eigenvalue weighted by atomic mass is 16.5. The van der Waals surface area contributed by atoms with E-state index >= 15 is 0 Å². The lowest BCUT2D eigenvalue weighted by molar-refractivity contribution is -0.139. The average Bonchev–Trinajstić information content (AvgIpc) is 2.76. The molecule has 2 unspecified atom stereocenters. The molecule has 1 aromatic carbocycles. The highest BCUT2D eigenvalue weighted by Gasteiger charge is 2.27. The predicted octanol–water partition coefficient (Wildman–Crippen LogP) is 2.61. The van der Waals surface area contributed by atoms with Gasteiger partial charge in [0.25, 0.3) is 0 Å². The summed E-state index contributed by atoms with van der Waals surface area (Å²) in [6.07, 6.45) is 3.06. The SMILES string of the molecule is CCCc1ccc(C(C)NC2CCOC2=O)cc1. The first-order chi connectivity index (χ1) is 8.70. The Morgan fingerprint density at radius 1 is 1.39 bits per heavy atom. The molecule has 18 heavy (non-hydrogen) atoms. The van der Waals surface area contributed by atoms with Crippen molar-refractivity contribution in [2.75, 3.05) is 6.61 Å². The van der Waals surface area contributed by atoms with Crippen molar-refractivity contribution in [2.24, 2.45) is 0 Å². The lowest BCUT2D eigenvalue weighted by Crippen LogP contribution is -2.35. The fraction of sp³-hybridized carbons (Fsp3) is 0.533. The zero-order valence-electron chi connectivity index (χ0n) is 11.1. The topological polar surface area (TPSA) is 38.3 Å². The van der Waals surface area contributed by atoms with E-state index in [9.17, 15) is 4.79 Å². The van der Waals surface area contributed by atoms with Crippen LogP contribution < -0.4 is 5.32 Å². The van der Waals surface area contributed by atoms with Gasteiger partial charge in [-0.2, -0.15) is 0 Å². The van der Waals surface area contributed by atoms with E-state index in [1.54, 1.807) is 0 Å². The van der Waals surface area contributed by atoms with Crippen LogP contribution in [0.15, 0.2) is 24.3 Å². The van der Waals surface area contributed by atoms with Crippen molar-refractivity contribution in [1.82, 2.24) is 5.32 Å². The summed E-state index contributed by atoms with van der Waals surface area (Å²) in [6.45, 7) is 4.81. The Labute approximate surface area is 109 Å². The Hall–Kier alpha value is -1.35. The maximum absolute atomic E-state index is 11.4. The maximum atomic E-state index is 11.4. The van der Waals surface area contributed by atoms with Crippen molar-refractivity contribution >= 4 is 5.97 Å². The summed E-state index contributed by atoms with van der Waals surface area (Å²) in [5, 5.41) is 3.32. The minimum atomic E-state index is -0.143. The van der Waals surface area contributed by atoms with E-state index in [0.29, 0.717) is 6.61 Å². The summed E-state index contributed by atoms with van der Waals surface area (Å²) in [5.74, 6) is -0.121. The summed E-state index contributed by atoms with van der Waals surface area (Å²) in [6, 6.07) is 8.66. The molecule has 0 amide bonds. The molecule has 0 spiro atoms. The monoisotopic (exact) mass is 247 g/mol. The van der Waals surface area contributed by atoms with Crippen molar-refractivity contribution in [2.45, 2.75) is 45.2 Å². The number of benzene rings is 1. The normalized spacial score (nSPS) is 20.8. The Balaban J connectivity index is 1.95. The lowest BCUT2D eigenvalue weighted by Gasteiger charge is -2.17. The minimum Gasteiger partial charge on any atom is -0.464 e. The second-order valence-corrected chi connectivity index (χ2v) is 4.89. The third-order valence-electron chi connectivity index (χ3n) is 3.40. The van der Waals surface area contributed by atoms with Gasteiger partial charge in [-0.3, -0.25) is 10.1 Å². The zero-order chi connectivity index (χ0) is 13.0. The number of aryl methyl sites for hydroxylation is 1. The number of carbonyl (C=O) groups excluding carboxylic acids is 1. The molecule has 1 fully saturated rings. The van der Waals surface area contributed by atoms with Crippen LogP contribution in [-0.2, 0) is 16.0 Å². The predicted molar refractivity (Wildman–Crippen MR) is 71.4 cm³/mol. The van der Waals surface area contributed by atoms with Crippen LogP contribution >= 0.6 is 0 Å². The molecule has 0 aliphatic carbocycles. The number of cyclic esters (lactones) is 1. The fourth-order valence-corrected chi connectivity index (χ4v) is 2.31. The van der Waals surface area contributed by atoms with Crippen molar-refractivity contribution in [3.63, 3.8) is 0 Å². The van der Waals surface area contributed by atoms with Gasteiger partial charge in [0.2, 0.25) is 0 Å². The van der Waals surface area contributed by atoms with Crippen LogP contribution in [0.25, 0.3) is 0 Å². The molecule has 3 nitrogen and oxygen atoms in total. The molecule has 1 N–H and O–H groups in total.